The van der Waals surface area contributed by atoms with E-state index in [1.165, 1.54) is 5.56 Å². The predicted octanol–water partition coefficient (Wildman–Crippen LogP) is 2.57. The molecule has 0 bridgehead atoms. The van der Waals surface area contributed by atoms with Crippen molar-refractivity contribution in [2.75, 3.05) is 7.05 Å². The fraction of sp³-hybridized carbons (Fsp3) is 0.444. The number of rotatable bonds is 5. The Morgan fingerprint density at radius 2 is 2.17 bits per heavy atom. The summed E-state index contributed by atoms with van der Waals surface area (Å²) in [5, 5.41) is 8.63. The van der Waals surface area contributed by atoms with E-state index in [1.807, 2.05) is 47.9 Å². The molecule has 0 unspecified atom stereocenters. The Balaban J connectivity index is 1.72. The van der Waals surface area contributed by atoms with Gasteiger partial charge in [-0.25, -0.2) is 0 Å². The lowest BCUT2D eigenvalue weighted by Crippen LogP contribution is -2.41. The summed E-state index contributed by atoms with van der Waals surface area (Å²) in [5.41, 5.74) is 2.24. The third-order valence-corrected chi connectivity index (χ3v) is 4.91. The van der Waals surface area contributed by atoms with Crippen molar-refractivity contribution in [3.05, 3.63) is 52.8 Å². The number of halogens is 1. The highest BCUT2D eigenvalue weighted by molar-refractivity contribution is 6.30. The van der Waals surface area contributed by atoms with Crippen LogP contribution in [0.1, 0.15) is 30.6 Å². The molecule has 0 aliphatic carbocycles. The van der Waals surface area contributed by atoms with E-state index in [0.29, 0.717) is 6.42 Å². The number of nitrogens with one attached hydrogen (secondary N) is 1. The molecule has 1 aromatic heterocycles. The summed E-state index contributed by atoms with van der Waals surface area (Å²) in [6, 6.07) is 10.2. The lowest BCUT2D eigenvalue weighted by atomic mass is 10.0. The molecule has 1 aromatic carbocycles. The molecule has 0 spiro atoms. The molecule has 0 radical (unpaired) electrons. The highest BCUT2D eigenvalue weighted by atomic mass is 35.5. The maximum atomic E-state index is 12.2. The zero-order chi connectivity index (χ0) is 17.3. The topological polar surface area (TPSA) is 50.2 Å². The van der Waals surface area contributed by atoms with Crippen LogP contribution in [-0.2, 0) is 18.3 Å². The van der Waals surface area contributed by atoms with Gasteiger partial charge in [-0.3, -0.25) is 9.48 Å². The quantitative estimate of drug-likeness (QED) is 0.905. The Bertz CT molecular complexity index is 729. The van der Waals surface area contributed by atoms with Crippen molar-refractivity contribution in [2.45, 2.75) is 37.9 Å². The van der Waals surface area contributed by atoms with Crippen LogP contribution in [0.3, 0.4) is 0 Å². The third kappa shape index (κ3) is 3.47. The molecule has 3 rings (SSSR count). The lowest BCUT2D eigenvalue weighted by molar-refractivity contribution is -0.127. The molecule has 3 atom stereocenters. The van der Waals surface area contributed by atoms with Crippen LogP contribution in [0.5, 0.6) is 0 Å². The molecular weight excluding hydrogens is 324 g/mol. The van der Waals surface area contributed by atoms with Crippen LogP contribution in [-0.4, -0.2) is 39.7 Å². The smallest absolute Gasteiger partial charge is 0.224 e. The molecular formula is C18H23ClN4O. The molecule has 1 saturated heterocycles. The Morgan fingerprint density at radius 3 is 2.83 bits per heavy atom. The van der Waals surface area contributed by atoms with Gasteiger partial charge in [0, 0.05) is 43.8 Å². The zero-order valence-electron chi connectivity index (χ0n) is 14.2. The molecule has 24 heavy (non-hydrogen) atoms. The first kappa shape index (κ1) is 17.0. The number of aromatic nitrogens is 2. The van der Waals surface area contributed by atoms with Gasteiger partial charge in [-0.05, 0) is 37.1 Å². The number of nitrogens with zero attached hydrogens (tertiary/aromatic N) is 3. The van der Waals surface area contributed by atoms with Crippen molar-refractivity contribution in [1.82, 2.24) is 20.0 Å². The summed E-state index contributed by atoms with van der Waals surface area (Å²) >= 11 is 6.06. The highest BCUT2D eigenvalue weighted by Crippen LogP contribution is 2.31. The molecule has 128 valence electrons. The second-order valence-corrected chi connectivity index (χ2v) is 6.98. The van der Waals surface area contributed by atoms with Crippen LogP contribution in [0.25, 0.3) is 0 Å². The molecule has 1 fully saturated rings. The summed E-state index contributed by atoms with van der Waals surface area (Å²) in [6.07, 6.45) is 3.15. The minimum atomic E-state index is 0.00631. The second-order valence-electron chi connectivity index (χ2n) is 6.54. The summed E-state index contributed by atoms with van der Waals surface area (Å²) in [6.45, 7) is 2.14. The number of amides is 1. The highest BCUT2D eigenvalue weighted by Gasteiger charge is 2.40. The average molecular weight is 347 g/mol. The molecule has 2 aromatic rings. The number of likely N-dealkylation sites (tertiary alicyclic amines) is 1. The van der Waals surface area contributed by atoms with E-state index in [2.05, 4.69) is 23.4 Å². The van der Waals surface area contributed by atoms with Gasteiger partial charge in [0.1, 0.15) is 0 Å². The van der Waals surface area contributed by atoms with Gasteiger partial charge in [0.25, 0.3) is 0 Å². The first-order valence-electron chi connectivity index (χ1n) is 8.19. The molecule has 5 nitrogen and oxygen atoms in total. The number of carbonyl (C=O) groups is 1. The standard InChI is InChI=1S/C18H23ClN4O/c1-12(9-13-5-4-6-14(19)10-13)21-15-11-17(24)22(2)18(15)16-7-8-20-23(16)3/h4-8,10,12,15,18,21H,9,11H2,1-3H3/t12-,15+,18+/m0/s1. The van der Waals surface area contributed by atoms with E-state index >= 15 is 0 Å². The van der Waals surface area contributed by atoms with Crippen molar-refractivity contribution in [3.8, 4) is 0 Å². The van der Waals surface area contributed by atoms with Crippen LogP contribution < -0.4 is 5.32 Å². The van der Waals surface area contributed by atoms with Gasteiger partial charge < -0.3 is 10.2 Å². The van der Waals surface area contributed by atoms with E-state index in [9.17, 15) is 4.79 Å². The van der Waals surface area contributed by atoms with Crippen molar-refractivity contribution in [1.29, 1.82) is 0 Å². The van der Waals surface area contributed by atoms with Gasteiger partial charge in [-0.1, -0.05) is 23.7 Å². The number of aryl methyl sites for hydroxylation is 1. The Kier molecular flexibility index (Phi) is 4.92. The minimum absolute atomic E-state index is 0.00631. The van der Waals surface area contributed by atoms with E-state index in [-0.39, 0.29) is 24.0 Å². The largest absolute Gasteiger partial charge is 0.336 e. The first-order valence-corrected chi connectivity index (χ1v) is 8.57. The maximum absolute atomic E-state index is 12.2. The van der Waals surface area contributed by atoms with Crippen molar-refractivity contribution in [3.63, 3.8) is 0 Å². The van der Waals surface area contributed by atoms with E-state index < -0.39 is 0 Å². The van der Waals surface area contributed by atoms with Crippen molar-refractivity contribution >= 4 is 17.5 Å². The minimum Gasteiger partial charge on any atom is -0.336 e. The molecule has 1 N–H and O–H groups in total. The lowest BCUT2D eigenvalue weighted by Gasteiger charge is -2.28. The Labute approximate surface area is 147 Å². The van der Waals surface area contributed by atoms with Gasteiger partial charge in [-0.15, -0.1) is 0 Å². The maximum Gasteiger partial charge on any atom is 0.224 e. The summed E-state index contributed by atoms with van der Waals surface area (Å²) in [4.78, 5) is 14.0. The fourth-order valence-corrected chi connectivity index (χ4v) is 3.75. The van der Waals surface area contributed by atoms with E-state index in [4.69, 9.17) is 11.6 Å². The van der Waals surface area contributed by atoms with Crippen molar-refractivity contribution < 1.29 is 4.79 Å². The fourth-order valence-electron chi connectivity index (χ4n) is 3.54. The van der Waals surface area contributed by atoms with Crippen LogP contribution in [0.4, 0.5) is 0 Å². The number of benzene rings is 1. The van der Waals surface area contributed by atoms with Crippen LogP contribution in [0, 0.1) is 0 Å². The third-order valence-electron chi connectivity index (χ3n) is 4.68. The van der Waals surface area contributed by atoms with Crippen LogP contribution >= 0.6 is 11.6 Å². The molecule has 1 amide bonds. The Hall–Kier alpha value is -1.85. The SMILES string of the molecule is C[C@@H](Cc1cccc(Cl)c1)N[C@@H]1CC(=O)N(C)[C@H]1c1ccnn1C. The van der Waals surface area contributed by atoms with Gasteiger partial charge in [0.05, 0.1) is 11.7 Å². The summed E-state index contributed by atoms with van der Waals surface area (Å²) in [5.74, 6) is 0.161. The monoisotopic (exact) mass is 346 g/mol. The van der Waals surface area contributed by atoms with Crippen LogP contribution in [0.2, 0.25) is 5.02 Å². The summed E-state index contributed by atoms with van der Waals surface area (Å²) in [7, 11) is 3.78. The average Bonchev–Trinajstić information content (AvgIpc) is 3.03. The van der Waals surface area contributed by atoms with Gasteiger partial charge >= 0.3 is 0 Å². The summed E-state index contributed by atoms with van der Waals surface area (Å²) < 4.78 is 1.84. The van der Waals surface area contributed by atoms with Gasteiger partial charge in [-0.2, -0.15) is 5.10 Å². The number of hydrogen-bond acceptors (Lipinski definition) is 3. The Morgan fingerprint density at radius 1 is 1.38 bits per heavy atom. The normalized spacial score (nSPS) is 22.2. The predicted molar refractivity (Wildman–Crippen MR) is 94.9 cm³/mol. The molecule has 1 aliphatic heterocycles. The molecule has 1 aliphatic rings. The molecule has 2 heterocycles. The van der Waals surface area contributed by atoms with Crippen LogP contribution in [0.15, 0.2) is 36.5 Å². The number of likely N-dealkylation sites (N-methyl/N-ethyl adjacent to an activating group) is 1. The van der Waals surface area contributed by atoms with Crippen molar-refractivity contribution in [2.24, 2.45) is 7.05 Å². The number of carbonyl (C=O) groups excluding carboxylic acids is 1. The van der Waals surface area contributed by atoms with Gasteiger partial charge in [0.2, 0.25) is 5.91 Å². The second kappa shape index (κ2) is 6.95. The van der Waals surface area contributed by atoms with E-state index in [0.717, 1.165) is 17.1 Å². The van der Waals surface area contributed by atoms with E-state index in [1.54, 1.807) is 6.20 Å². The van der Waals surface area contributed by atoms with Gasteiger partial charge in [0.15, 0.2) is 0 Å². The first-order chi connectivity index (χ1) is 11.5. The molecule has 0 saturated carbocycles. The zero-order valence-corrected chi connectivity index (χ0v) is 15.0. The molecule has 6 heteroatoms. The number of hydrogen-bond donors (Lipinski definition) is 1.